The molecule has 2 aromatic heterocycles. The third-order valence-electron chi connectivity index (χ3n) is 4.74. The van der Waals surface area contributed by atoms with E-state index < -0.39 is 11.6 Å². The van der Waals surface area contributed by atoms with Crippen LogP contribution in [0.4, 0.5) is 0 Å². The van der Waals surface area contributed by atoms with Gasteiger partial charge in [0.1, 0.15) is 12.2 Å². The molecule has 0 atom stereocenters. The van der Waals surface area contributed by atoms with Gasteiger partial charge in [0.25, 0.3) is 5.56 Å². The Morgan fingerprint density at radius 3 is 2.69 bits per heavy atom. The third-order valence-corrected chi connectivity index (χ3v) is 4.74. The number of carbonyl (C=O) groups is 1. The normalized spacial score (nSPS) is 13.0. The Bertz CT molecular complexity index is 1140. The van der Waals surface area contributed by atoms with Gasteiger partial charge in [-0.1, -0.05) is 0 Å². The molecule has 0 fully saturated rings. The van der Waals surface area contributed by atoms with E-state index in [1.807, 2.05) is 12.1 Å². The molecule has 132 valence electrons. The Morgan fingerprint density at radius 2 is 1.92 bits per heavy atom. The van der Waals surface area contributed by atoms with E-state index in [4.69, 9.17) is 9.15 Å². The second-order valence-corrected chi connectivity index (χ2v) is 6.50. The van der Waals surface area contributed by atoms with Crippen LogP contribution in [0.25, 0.3) is 11.0 Å². The van der Waals surface area contributed by atoms with Gasteiger partial charge in [-0.05, 0) is 48.6 Å². The van der Waals surface area contributed by atoms with Gasteiger partial charge < -0.3 is 13.7 Å². The summed E-state index contributed by atoms with van der Waals surface area (Å²) >= 11 is 0. The SMILES string of the molecule is Cn1ccc(C(=O)OCc2cc(=O)oc3cc4c(cc23)CCC4)cc1=O. The van der Waals surface area contributed by atoms with E-state index in [0.717, 1.165) is 24.6 Å². The molecule has 4 rings (SSSR count). The minimum Gasteiger partial charge on any atom is -0.457 e. The van der Waals surface area contributed by atoms with E-state index in [-0.39, 0.29) is 17.7 Å². The first-order valence-corrected chi connectivity index (χ1v) is 8.43. The van der Waals surface area contributed by atoms with E-state index in [9.17, 15) is 14.4 Å². The molecule has 6 nitrogen and oxygen atoms in total. The van der Waals surface area contributed by atoms with Crippen molar-refractivity contribution in [2.24, 2.45) is 7.05 Å². The zero-order valence-electron chi connectivity index (χ0n) is 14.3. The largest absolute Gasteiger partial charge is 0.457 e. The van der Waals surface area contributed by atoms with Crippen LogP contribution >= 0.6 is 0 Å². The maximum absolute atomic E-state index is 12.2. The summed E-state index contributed by atoms with van der Waals surface area (Å²) in [6.07, 6.45) is 4.58. The van der Waals surface area contributed by atoms with Gasteiger partial charge in [0, 0.05) is 36.3 Å². The molecule has 0 unspecified atom stereocenters. The predicted octanol–water partition coefficient (Wildman–Crippen LogP) is 2.34. The highest BCUT2D eigenvalue weighted by Gasteiger charge is 2.16. The molecule has 0 amide bonds. The van der Waals surface area contributed by atoms with Crippen molar-refractivity contribution in [2.75, 3.05) is 0 Å². The number of aryl methyl sites for hydroxylation is 3. The van der Waals surface area contributed by atoms with Crippen LogP contribution in [0.2, 0.25) is 0 Å². The topological polar surface area (TPSA) is 78.5 Å². The average Bonchev–Trinajstić information content (AvgIpc) is 3.07. The maximum atomic E-state index is 12.2. The fraction of sp³-hybridized carbons (Fsp3) is 0.250. The quantitative estimate of drug-likeness (QED) is 0.535. The molecule has 3 aromatic rings. The second-order valence-electron chi connectivity index (χ2n) is 6.50. The Labute approximate surface area is 148 Å². The molecular weight excluding hydrogens is 334 g/mol. The fourth-order valence-corrected chi connectivity index (χ4v) is 3.32. The predicted molar refractivity (Wildman–Crippen MR) is 95.3 cm³/mol. The lowest BCUT2D eigenvalue weighted by Gasteiger charge is -2.09. The van der Waals surface area contributed by atoms with Crippen LogP contribution in [0.1, 0.15) is 33.5 Å². The Kier molecular flexibility index (Phi) is 3.95. The van der Waals surface area contributed by atoms with Crippen molar-refractivity contribution in [1.82, 2.24) is 4.57 Å². The zero-order chi connectivity index (χ0) is 18.3. The smallest absolute Gasteiger partial charge is 0.338 e. The monoisotopic (exact) mass is 351 g/mol. The summed E-state index contributed by atoms with van der Waals surface area (Å²) < 4.78 is 12.0. The first-order valence-electron chi connectivity index (χ1n) is 8.43. The van der Waals surface area contributed by atoms with Crippen LogP contribution in [0.15, 0.2) is 50.5 Å². The molecule has 0 spiro atoms. The van der Waals surface area contributed by atoms with Crippen molar-refractivity contribution in [3.8, 4) is 0 Å². The van der Waals surface area contributed by atoms with Crippen molar-refractivity contribution >= 4 is 16.9 Å². The number of hydrogen-bond donors (Lipinski definition) is 0. The Morgan fingerprint density at radius 1 is 1.15 bits per heavy atom. The van der Waals surface area contributed by atoms with Crippen LogP contribution in [0, 0.1) is 0 Å². The van der Waals surface area contributed by atoms with Gasteiger partial charge in [0.05, 0.1) is 5.56 Å². The highest BCUT2D eigenvalue weighted by atomic mass is 16.5. The first-order chi connectivity index (χ1) is 12.5. The number of pyridine rings is 1. The van der Waals surface area contributed by atoms with Crippen LogP contribution in [-0.2, 0) is 31.2 Å². The van der Waals surface area contributed by atoms with Crippen LogP contribution in [0.5, 0.6) is 0 Å². The van der Waals surface area contributed by atoms with Crippen LogP contribution in [-0.4, -0.2) is 10.5 Å². The standard InChI is InChI=1S/C20H17NO5/c1-21-6-5-14(9-18(21)22)20(24)25-11-15-10-19(23)26-17-8-13-4-2-3-12(13)7-16(15)17/h5-10H,2-4,11H2,1H3. The molecule has 0 aliphatic heterocycles. The van der Waals surface area contributed by atoms with E-state index in [2.05, 4.69) is 0 Å². The van der Waals surface area contributed by atoms with Crippen molar-refractivity contribution in [1.29, 1.82) is 0 Å². The lowest BCUT2D eigenvalue weighted by molar-refractivity contribution is 0.0473. The zero-order valence-corrected chi connectivity index (χ0v) is 14.3. The molecule has 1 aromatic carbocycles. The van der Waals surface area contributed by atoms with E-state index in [0.29, 0.717) is 11.1 Å². The second kappa shape index (κ2) is 6.29. The molecule has 1 aliphatic rings. The van der Waals surface area contributed by atoms with Crippen LogP contribution < -0.4 is 11.2 Å². The lowest BCUT2D eigenvalue weighted by atomic mass is 10.0. The molecule has 0 saturated carbocycles. The summed E-state index contributed by atoms with van der Waals surface area (Å²) in [6.45, 7) is -0.0606. The number of esters is 1. The van der Waals surface area contributed by atoms with E-state index in [1.54, 1.807) is 7.05 Å². The summed E-state index contributed by atoms with van der Waals surface area (Å²) in [7, 11) is 1.60. The molecule has 6 heteroatoms. The van der Waals surface area contributed by atoms with Gasteiger partial charge in [-0.15, -0.1) is 0 Å². The number of benzene rings is 1. The van der Waals surface area contributed by atoms with Crippen molar-refractivity contribution in [3.05, 3.63) is 79.6 Å². The summed E-state index contributed by atoms with van der Waals surface area (Å²) in [5, 5.41) is 0.780. The summed E-state index contributed by atoms with van der Waals surface area (Å²) in [5.74, 6) is -0.606. The van der Waals surface area contributed by atoms with Crippen molar-refractivity contribution in [2.45, 2.75) is 25.9 Å². The number of carbonyl (C=O) groups excluding carboxylic acids is 1. The highest BCUT2D eigenvalue weighted by molar-refractivity contribution is 5.89. The lowest BCUT2D eigenvalue weighted by Crippen LogP contribution is -2.18. The maximum Gasteiger partial charge on any atom is 0.338 e. The molecule has 0 saturated heterocycles. The Hall–Kier alpha value is -3.15. The third kappa shape index (κ3) is 2.94. The molecule has 0 radical (unpaired) electrons. The summed E-state index contributed by atoms with van der Waals surface area (Å²) in [4.78, 5) is 35.7. The van der Waals surface area contributed by atoms with Crippen molar-refractivity contribution < 1.29 is 13.9 Å². The molecule has 0 bridgehead atoms. The summed E-state index contributed by atoms with van der Waals surface area (Å²) in [6, 6.07) is 8.02. The average molecular weight is 351 g/mol. The van der Waals surface area contributed by atoms with E-state index >= 15 is 0 Å². The first kappa shape index (κ1) is 16.3. The summed E-state index contributed by atoms with van der Waals surface area (Å²) in [5.41, 5.74) is 2.97. The van der Waals surface area contributed by atoms with Gasteiger partial charge in [-0.2, -0.15) is 0 Å². The van der Waals surface area contributed by atoms with Gasteiger partial charge in [0.15, 0.2) is 0 Å². The molecule has 0 N–H and O–H groups in total. The molecule has 1 aliphatic carbocycles. The number of ether oxygens (including phenoxy) is 1. The minimum atomic E-state index is -0.606. The van der Waals surface area contributed by atoms with Gasteiger partial charge in [0.2, 0.25) is 0 Å². The molecular formula is C20H17NO5. The number of rotatable bonds is 3. The number of hydrogen-bond acceptors (Lipinski definition) is 5. The molecule has 2 heterocycles. The minimum absolute atomic E-state index is 0.0606. The Balaban J connectivity index is 1.64. The van der Waals surface area contributed by atoms with Gasteiger partial charge in [-0.25, -0.2) is 9.59 Å². The number of fused-ring (bicyclic) bond motifs is 2. The van der Waals surface area contributed by atoms with Gasteiger partial charge in [-0.3, -0.25) is 4.79 Å². The molecule has 26 heavy (non-hydrogen) atoms. The number of nitrogens with zero attached hydrogens (tertiary/aromatic N) is 1. The fourth-order valence-electron chi connectivity index (χ4n) is 3.32. The van der Waals surface area contributed by atoms with Crippen molar-refractivity contribution in [3.63, 3.8) is 0 Å². The van der Waals surface area contributed by atoms with Crippen LogP contribution in [0.3, 0.4) is 0 Å². The number of aromatic nitrogens is 1. The highest BCUT2D eigenvalue weighted by Crippen LogP contribution is 2.28. The van der Waals surface area contributed by atoms with E-state index in [1.165, 1.54) is 40.1 Å². The van der Waals surface area contributed by atoms with Gasteiger partial charge >= 0.3 is 11.6 Å².